The summed E-state index contributed by atoms with van der Waals surface area (Å²) in [7, 11) is 1.58. The maximum atomic E-state index is 6.18. The van der Waals surface area contributed by atoms with Crippen molar-refractivity contribution in [3.63, 3.8) is 0 Å². The summed E-state index contributed by atoms with van der Waals surface area (Å²) in [5.41, 5.74) is 0.745. The van der Waals surface area contributed by atoms with E-state index >= 15 is 0 Å². The van der Waals surface area contributed by atoms with Crippen LogP contribution in [0, 0.1) is 0 Å². The Labute approximate surface area is 130 Å². The smallest absolute Gasteiger partial charge is 0.204 e. The second-order valence-corrected chi connectivity index (χ2v) is 5.21. The molecule has 1 aromatic carbocycles. The number of benzene rings is 1. The van der Waals surface area contributed by atoms with E-state index in [0.29, 0.717) is 22.4 Å². The van der Waals surface area contributed by atoms with Crippen LogP contribution in [0.3, 0.4) is 0 Å². The van der Waals surface area contributed by atoms with E-state index in [1.807, 2.05) is 25.1 Å². The third kappa shape index (κ3) is 3.32. The lowest BCUT2D eigenvalue weighted by molar-refractivity contribution is 0.415. The van der Waals surface area contributed by atoms with Crippen molar-refractivity contribution >= 4 is 44.9 Å². The standard InChI is InChI=1S/C13H14BrClN4O/c1-3-16-12-11(20-2)13(18-7-17-12)19-10-5-4-8(14)6-9(10)15/h4-7H,3H2,1-2H3,(H2,16,17,18,19). The first kappa shape index (κ1) is 14.9. The molecule has 0 fully saturated rings. The molecule has 106 valence electrons. The van der Waals surface area contributed by atoms with Gasteiger partial charge in [0, 0.05) is 11.0 Å². The Morgan fingerprint density at radius 1 is 1.30 bits per heavy atom. The first-order valence-electron chi connectivity index (χ1n) is 6.00. The molecule has 1 aromatic heterocycles. The molecule has 7 heteroatoms. The van der Waals surface area contributed by atoms with E-state index in [4.69, 9.17) is 16.3 Å². The fraction of sp³-hybridized carbons (Fsp3) is 0.231. The van der Waals surface area contributed by atoms with E-state index in [1.54, 1.807) is 7.11 Å². The highest BCUT2D eigenvalue weighted by atomic mass is 79.9. The summed E-state index contributed by atoms with van der Waals surface area (Å²) in [6, 6.07) is 5.57. The second-order valence-electron chi connectivity index (χ2n) is 3.88. The molecule has 2 N–H and O–H groups in total. The lowest BCUT2D eigenvalue weighted by Crippen LogP contribution is -2.06. The molecule has 0 saturated carbocycles. The molecule has 2 rings (SSSR count). The number of nitrogens with zero attached hydrogens (tertiary/aromatic N) is 2. The topological polar surface area (TPSA) is 59.1 Å². The minimum absolute atomic E-state index is 0.549. The molecule has 0 unspecified atom stereocenters. The van der Waals surface area contributed by atoms with Gasteiger partial charge in [0.1, 0.15) is 6.33 Å². The van der Waals surface area contributed by atoms with E-state index in [-0.39, 0.29) is 0 Å². The van der Waals surface area contributed by atoms with E-state index in [0.717, 1.165) is 16.7 Å². The highest BCUT2D eigenvalue weighted by molar-refractivity contribution is 9.10. The Hall–Kier alpha value is -1.53. The summed E-state index contributed by atoms with van der Waals surface area (Å²) in [5.74, 6) is 1.75. The molecule has 2 aromatic rings. The number of nitrogens with one attached hydrogen (secondary N) is 2. The van der Waals surface area contributed by atoms with Gasteiger partial charge in [-0.1, -0.05) is 27.5 Å². The van der Waals surface area contributed by atoms with Crippen LogP contribution in [-0.4, -0.2) is 23.6 Å². The number of halogens is 2. The van der Waals surface area contributed by atoms with Crippen LogP contribution in [0.25, 0.3) is 0 Å². The Kier molecular flexibility index (Phi) is 5.03. The number of rotatable bonds is 5. The lowest BCUT2D eigenvalue weighted by atomic mass is 10.3. The predicted octanol–water partition coefficient (Wildman–Crippen LogP) is 4.08. The molecule has 0 bridgehead atoms. The molecule has 5 nitrogen and oxygen atoms in total. The average molecular weight is 358 g/mol. The molecule has 20 heavy (non-hydrogen) atoms. The molecular weight excluding hydrogens is 344 g/mol. The maximum absolute atomic E-state index is 6.18. The van der Waals surface area contributed by atoms with Gasteiger partial charge in [0.25, 0.3) is 0 Å². The zero-order chi connectivity index (χ0) is 14.5. The summed E-state index contributed by atoms with van der Waals surface area (Å²) in [5, 5.41) is 6.86. The number of aromatic nitrogens is 2. The van der Waals surface area contributed by atoms with E-state index in [2.05, 4.69) is 36.5 Å². The molecule has 1 heterocycles. The van der Waals surface area contributed by atoms with Gasteiger partial charge in [-0.3, -0.25) is 0 Å². The van der Waals surface area contributed by atoms with Crippen LogP contribution in [0.1, 0.15) is 6.92 Å². The van der Waals surface area contributed by atoms with Crippen LogP contribution >= 0.6 is 27.5 Å². The third-order valence-corrected chi connectivity index (χ3v) is 3.34. The summed E-state index contributed by atoms with van der Waals surface area (Å²) < 4.78 is 6.28. The minimum atomic E-state index is 0.549. The Balaban J connectivity index is 2.35. The van der Waals surface area contributed by atoms with E-state index < -0.39 is 0 Å². The van der Waals surface area contributed by atoms with Crippen LogP contribution in [0.15, 0.2) is 29.0 Å². The third-order valence-electron chi connectivity index (χ3n) is 2.54. The van der Waals surface area contributed by atoms with E-state index in [9.17, 15) is 0 Å². The fourth-order valence-electron chi connectivity index (χ4n) is 1.67. The second kappa shape index (κ2) is 6.76. The first-order valence-corrected chi connectivity index (χ1v) is 7.17. The van der Waals surface area contributed by atoms with Crippen molar-refractivity contribution in [2.75, 3.05) is 24.3 Å². The van der Waals surface area contributed by atoms with Crippen LogP contribution in [-0.2, 0) is 0 Å². The van der Waals surface area contributed by atoms with Crippen molar-refractivity contribution in [3.05, 3.63) is 34.0 Å². The molecule has 0 spiro atoms. The maximum Gasteiger partial charge on any atom is 0.204 e. The van der Waals surface area contributed by atoms with Crippen molar-refractivity contribution in [1.82, 2.24) is 9.97 Å². The van der Waals surface area contributed by atoms with Crippen molar-refractivity contribution in [3.8, 4) is 5.75 Å². The Morgan fingerprint density at radius 2 is 2.05 bits per heavy atom. The molecule has 0 saturated heterocycles. The summed E-state index contributed by atoms with van der Waals surface area (Å²) in [4.78, 5) is 8.34. The van der Waals surface area contributed by atoms with Gasteiger partial charge in [-0.05, 0) is 25.1 Å². The van der Waals surface area contributed by atoms with Crippen molar-refractivity contribution in [2.45, 2.75) is 6.92 Å². The largest absolute Gasteiger partial charge is 0.490 e. The number of hydrogen-bond acceptors (Lipinski definition) is 5. The van der Waals surface area contributed by atoms with Gasteiger partial charge in [-0.15, -0.1) is 0 Å². The fourth-order valence-corrected chi connectivity index (χ4v) is 2.39. The molecule has 0 radical (unpaired) electrons. The van der Waals surface area contributed by atoms with Crippen LogP contribution < -0.4 is 15.4 Å². The zero-order valence-electron chi connectivity index (χ0n) is 11.1. The molecule has 0 amide bonds. The Morgan fingerprint density at radius 3 is 2.70 bits per heavy atom. The Bertz CT molecular complexity index is 609. The lowest BCUT2D eigenvalue weighted by Gasteiger charge is -2.14. The average Bonchev–Trinajstić information content (AvgIpc) is 2.42. The van der Waals surface area contributed by atoms with Gasteiger partial charge in [-0.25, -0.2) is 9.97 Å². The van der Waals surface area contributed by atoms with Crippen LogP contribution in [0.5, 0.6) is 5.75 Å². The van der Waals surface area contributed by atoms with Crippen molar-refractivity contribution < 1.29 is 4.74 Å². The van der Waals surface area contributed by atoms with Crippen LogP contribution in [0.4, 0.5) is 17.3 Å². The summed E-state index contributed by atoms with van der Waals surface area (Å²) in [6.07, 6.45) is 1.47. The van der Waals surface area contributed by atoms with Crippen molar-refractivity contribution in [2.24, 2.45) is 0 Å². The van der Waals surface area contributed by atoms with Gasteiger partial charge in [0.05, 0.1) is 17.8 Å². The van der Waals surface area contributed by atoms with Crippen molar-refractivity contribution in [1.29, 1.82) is 0 Å². The van der Waals surface area contributed by atoms with Gasteiger partial charge in [0.15, 0.2) is 11.6 Å². The van der Waals surface area contributed by atoms with Gasteiger partial charge in [0.2, 0.25) is 5.75 Å². The van der Waals surface area contributed by atoms with Gasteiger partial charge >= 0.3 is 0 Å². The number of hydrogen-bond donors (Lipinski definition) is 2. The quantitative estimate of drug-likeness (QED) is 0.844. The predicted molar refractivity (Wildman–Crippen MR) is 85.2 cm³/mol. The molecule has 0 aliphatic carbocycles. The molecular formula is C13H14BrClN4O. The molecule has 0 aliphatic rings. The summed E-state index contributed by atoms with van der Waals surface area (Å²) in [6.45, 7) is 2.73. The highest BCUT2D eigenvalue weighted by Gasteiger charge is 2.12. The number of anilines is 3. The normalized spacial score (nSPS) is 10.2. The minimum Gasteiger partial charge on any atom is -0.490 e. The SMILES string of the molecule is CCNc1ncnc(Nc2ccc(Br)cc2Cl)c1OC. The van der Waals surface area contributed by atoms with Gasteiger partial charge < -0.3 is 15.4 Å². The first-order chi connectivity index (χ1) is 9.65. The molecule has 0 atom stereocenters. The van der Waals surface area contributed by atoms with E-state index in [1.165, 1.54) is 6.33 Å². The van der Waals surface area contributed by atoms with Crippen LogP contribution in [0.2, 0.25) is 5.02 Å². The highest BCUT2D eigenvalue weighted by Crippen LogP contribution is 2.34. The number of ether oxygens (including phenoxy) is 1. The monoisotopic (exact) mass is 356 g/mol. The molecule has 0 aliphatic heterocycles. The summed E-state index contributed by atoms with van der Waals surface area (Å²) >= 11 is 9.55. The number of methoxy groups -OCH3 is 1. The van der Waals surface area contributed by atoms with Gasteiger partial charge in [-0.2, -0.15) is 0 Å². The zero-order valence-corrected chi connectivity index (χ0v) is 13.4.